The molecule has 1 saturated heterocycles. The molecule has 0 aromatic heterocycles. The van der Waals surface area contributed by atoms with Gasteiger partial charge in [-0.25, -0.2) is 0 Å². The molecule has 3 N–H and O–H groups in total. The van der Waals surface area contributed by atoms with Crippen LogP contribution in [0.15, 0.2) is 12.2 Å². The smallest absolute Gasteiger partial charge is 0.243 e. The second-order valence-corrected chi connectivity index (χ2v) is 3.39. The van der Waals surface area contributed by atoms with Crippen molar-refractivity contribution in [2.45, 2.75) is 12.5 Å². The summed E-state index contributed by atoms with van der Waals surface area (Å²) < 4.78 is 0. The fourth-order valence-corrected chi connectivity index (χ4v) is 1.48. The first-order chi connectivity index (χ1) is 6.22. The number of nitrogens with zero attached hydrogens (tertiary/aromatic N) is 1. The molecule has 1 aliphatic rings. The molecule has 0 bridgehead atoms. The molecular weight excluding hydrogens is 166 g/mol. The predicted octanol–water partition coefficient (Wildman–Crippen LogP) is -0.678. The van der Waals surface area contributed by atoms with E-state index in [4.69, 9.17) is 5.73 Å². The van der Waals surface area contributed by atoms with Crippen molar-refractivity contribution < 1.29 is 4.79 Å². The molecule has 0 aromatic rings. The fourth-order valence-electron chi connectivity index (χ4n) is 1.48. The van der Waals surface area contributed by atoms with Crippen molar-refractivity contribution in [2.24, 2.45) is 5.73 Å². The number of hydrogen-bond donors (Lipinski definition) is 2. The van der Waals surface area contributed by atoms with Gasteiger partial charge in [-0.05, 0) is 20.0 Å². The molecule has 1 aliphatic heterocycles. The molecular formula is C9H17N3O. The van der Waals surface area contributed by atoms with Crippen LogP contribution in [0.25, 0.3) is 0 Å². The maximum absolute atomic E-state index is 11.2. The number of amides is 1. The van der Waals surface area contributed by atoms with E-state index in [0.717, 1.165) is 19.5 Å². The number of nitrogens with two attached hydrogens (primary N) is 1. The third-order valence-electron chi connectivity index (χ3n) is 2.14. The Morgan fingerprint density at radius 3 is 3.08 bits per heavy atom. The molecule has 0 spiro atoms. The summed E-state index contributed by atoms with van der Waals surface area (Å²) in [5, 5.41) is 2.92. The highest BCUT2D eigenvalue weighted by Crippen LogP contribution is 2.05. The first-order valence-corrected chi connectivity index (χ1v) is 4.58. The lowest BCUT2D eigenvalue weighted by molar-refractivity contribution is -0.117. The minimum atomic E-state index is -0.0363. The molecule has 4 nitrogen and oxygen atoms in total. The van der Waals surface area contributed by atoms with Crippen LogP contribution in [0.1, 0.15) is 6.42 Å². The average Bonchev–Trinajstić information content (AvgIpc) is 2.48. The van der Waals surface area contributed by atoms with Gasteiger partial charge in [-0.3, -0.25) is 4.79 Å². The van der Waals surface area contributed by atoms with E-state index in [2.05, 4.69) is 17.3 Å². The zero-order chi connectivity index (χ0) is 9.68. The molecule has 1 rings (SSSR count). The Morgan fingerprint density at radius 2 is 2.54 bits per heavy atom. The van der Waals surface area contributed by atoms with Gasteiger partial charge in [0, 0.05) is 25.2 Å². The summed E-state index contributed by atoms with van der Waals surface area (Å²) in [5.41, 5.74) is 5.23. The normalized spacial score (nSPS) is 24.0. The van der Waals surface area contributed by atoms with Crippen molar-refractivity contribution in [3.05, 3.63) is 12.2 Å². The van der Waals surface area contributed by atoms with Crippen LogP contribution >= 0.6 is 0 Å². The molecule has 1 unspecified atom stereocenters. The molecule has 0 radical (unpaired) electrons. The van der Waals surface area contributed by atoms with E-state index in [1.165, 1.54) is 6.08 Å². The monoisotopic (exact) mass is 183 g/mol. The summed E-state index contributed by atoms with van der Waals surface area (Å²) >= 11 is 0. The lowest BCUT2D eigenvalue weighted by Crippen LogP contribution is -2.35. The fraction of sp³-hybridized carbons (Fsp3) is 0.667. The summed E-state index contributed by atoms with van der Waals surface area (Å²) in [6.45, 7) is 2.42. The number of carbonyl (C=O) groups excluding carboxylic acids is 1. The van der Waals surface area contributed by atoms with Crippen LogP contribution in [0.4, 0.5) is 0 Å². The molecule has 13 heavy (non-hydrogen) atoms. The first kappa shape index (κ1) is 10.2. The van der Waals surface area contributed by atoms with Crippen LogP contribution in [0.5, 0.6) is 0 Å². The first-order valence-electron chi connectivity index (χ1n) is 4.58. The number of hydrogen-bond acceptors (Lipinski definition) is 3. The van der Waals surface area contributed by atoms with Gasteiger partial charge in [0.05, 0.1) is 0 Å². The van der Waals surface area contributed by atoms with Gasteiger partial charge in [0.1, 0.15) is 0 Å². The quantitative estimate of drug-likeness (QED) is 0.570. The van der Waals surface area contributed by atoms with Crippen LogP contribution in [-0.4, -0.2) is 43.5 Å². The van der Waals surface area contributed by atoms with Gasteiger partial charge < -0.3 is 16.0 Å². The Labute approximate surface area is 78.8 Å². The van der Waals surface area contributed by atoms with Crippen LogP contribution in [0, 0.1) is 0 Å². The molecule has 1 atom stereocenters. The Balaban J connectivity index is 2.24. The molecule has 1 fully saturated rings. The standard InChI is InChI=1S/C9H17N3O/c1-12-6-4-8(7-12)11-9(13)3-2-5-10/h2-3,8H,4-7,10H2,1H3,(H,11,13)/b3-2+. The van der Waals surface area contributed by atoms with Crippen LogP contribution in [-0.2, 0) is 4.79 Å². The van der Waals surface area contributed by atoms with Crippen LogP contribution < -0.4 is 11.1 Å². The van der Waals surface area contributed by atoms with Crippen molar-refractivity contribution in [3.63, 3.8) is 0 Å². The van der Waals surface area contributed by atoms with Gasteiger partial charge in [-0.15, -0.1) is 0 Å². The Hall–Kier alpha value is -0.870. The highest BCUT2D eigenvalue weighted by molar-refractivity contribution is 5.87. The van der Waals surface area contributed by atoms with E-state index in [9.17, 15) is 4.79 Å². The molecule has 74 valence electrons. The number of likely N-dealkylation sites (N-methyl/N-ethyl adjacent to an activating group) is 1. The molecule has 4 heteroatoms. The Bertz CT molecular complexity index is 203. The summed E-state index contributed by atoms with van der Waals surface area (Å²) in [6.07, 6.45) is 4.20. The Kier molecular flexibility index (Phi) is 3.92. The molecule has 1 heterocycles. The highest BCUT2D eigenvalue weighted by atomic mass is 16.1. The molecule has 1 amide bonds. The van der Waals surface area contributed by atoms with Gasteiger partial charge in [0.25, 0.3) is 0 Å². The van der Waals surface area contributed by atoms with Crippen LogP contribution in [0.3, 0.4) is 0 Å². The van der Waals surface area contributed by atoms with Gasteiger partial charge in [-0.2, -0.15) is 0 Å². The van der Waals surface area contributed by atoms with Gasteiger partial charge in [0.15, 0.2) is 0 Å². The lowest BCUT2D eigenvalue weighted by Gasteiger charge is -2.10. The third-order valence-corrected chi connectivity index (χ3v) is 2.14. The number of carbonyl (C=O) groups is 1. The minimum Gasteiger partial charge on any atom is -0.348 e. The van der Waals surface area contributed by atoms with E-state index in [0.29, 0.717) is 12.6 Å². The van der Waals surface area contributed by atoms with Crippen LogP contribution in [0.2, 0.25) is 0 Å². The highest BCUT2D eigenvalue weighted by Gasteiger charge is 2.19. The van der Waals surface area contributed by atoms with E-state index in [-0.39, 0.29) is 5.91 Å². The molecule has 0 aromatic carbocycles. The SMILES string of the molecule is CN1CCC(NC(=O)/C=C/CN)C1. The Morgan fingerprint density at radius 1 is 1.77 bits per heavy atom. The second kappa shape index (κ2) is 4.99. The molecule has 0 saturated carbocycles. The summed E-state index contributed by atoms with van der Waals surface area (Å²) in [5.74, 6) is -0.0363. The summed E-state index contributed by atoms with van der Waals surface area (Å²) in [7, 11) is 2.06. The zero-order valence-corrected chi connectivity index (χ0v) is 7.99. The zero-order valence-electron chi connectivity index (χ0n) is 7.99. The van der Waals surface area contributed by atoms with Crippen molar-refractivity contribution in [1.29, 1.82) is 0 Å². The number of nitrogens with one attached hydrogen (secondary N) is 1. The molecule has 0 aliphatic carbocycles. The topological polar surface area (TPSA) is 58.4 Å². The van der Waals surface area contributed by atoms with Gasteiger partial charge >= 0.3 is 0 Å². The van der Waals surface area contributed by atoms with E-state index in [1.54, 1.807) is 6.08 Å². The lowest BCUT2D eigenvalue weighted by atomic mass is 10.2. The number of rotatable bonds is 3. The van der Waals surface area contributed by atoms with Crippen molar-refractivity contribution in [2.75, 3.05) is 26.7 Å². The average molecular weight is 183 g/mol. The maximum Gasteiger partial charge on any atom is 0.243 e. The van der Waals surface area contributed by atoms with Crippen molar-refractivity contribution in [3.8, 4) is 0 Å². The van der Waals surface area contributed by atoms with E-state index in [1.807, 2.05) is 0 Å². The largest absolute Gasteiger partial charge is 0.348 e. The predicted molar refractivity (Wildman–Crippen MR) is 52.2 cm³/mol. The van der Waals surface area contributed by atoms with Crippen molar-refractivity contribution >= 4 is 5.91 Å². The van der Waals surface area contributed by atoms with E-state index >= 15 is 0 Å². The summed E-state index contributed by atoms with van der Waals surface area (Å²) in [4.78, 5) is 13.4. The number of likely N-dealkylation sites (tertiary alicyclic amines) is 1. The third kappa shape index (κ3) is 3.57. The minimum absolute atomic E-state index is 0.0363. The second-order valence-electron chi connectivity index (χ2n) is 3.39. The van der Waals surface area contributed by atoms with Gasteiger partial charge in [-0.1, -0.05) is 6.08 Å². The van der Waals surface area contributed by atoms with Gasteiger partial charge in [0.2, 0.25) is 5.91 Å². The maximum atomic E-state index is 11.2. The van der Waals surface area contributed by atoms with Crippen molar-refractivity contribution in [1.82, 2.24) is 10.2 Å². The van der Waals surface area contributed by atoms with E-state index < -0.39 is 0 Å². The summed E-state index contributed by atoms with van der Waals surface area (Å²) in [6, 6.07) is 0.305.